The molecule has 1 amide bonds. The molecule has 0 bridgehead atoms. The SMILES string of the molecule is O=C(COc1ccccc1F)Nc1ccccc1-c1cccs1. The lowest BCUT2D eigenvalue weighted by molar-refractivity contribution is -0.118. The third-order valence-corrected chi connectivity index (χ3v) is 4.09. The van der Waals surface area contributed by atoms with Gasteiger partial charge in [-0.05, 0) is 29.6 Å². The van der Waals surface area contributed by atoms with Gasteiger partial charge >= 0.3 is 0 Å². The number of benzene rings is 2. The summed E-state index contributed by atoms with van der Waals surface area (Å²) in [7, 11) is 0. The maximum absolute atomic E-state index is 13.5. The highest BCUT2D eigenvalue weighted by Gasteiger charge is 2.10. The molecule has 0 aliphatic heterocycles. The number of thiophene rings is 1. The fraction of sp³-hybridized carbons (Fsp3) is 0.0556. The first kappa shape index (κ1) is 15.2. The molecule has 0 saturated heterocycles. The van der Waals surface area contributed by atoms with Crippen LogP contribution in [0.4, 0.5) is 10.1 Å². The lowest BCUT2D eigenvalue weighted by Gasteiger charge is -2.11. The molecule has 0 radical (unpaired) electrons. The van der Waals surface area contributed by atoms with E-state index in [4.69, 9.17) is 4.74 Å². The zero-order chi connectivity index (χ0) is 16.1. The Hall–Kier alpha value is -2.66. The Balaban J connectivity index is 1.68. The van der Waals surface area contributed by atoms with E-state index < -0.39 is 5.82 Å². The first-order valence-electron chi connectivity index (χ1n) is 7.04. The average molecular weight is 327 g/mol. The van der Waals surface area contributed by atoms with Crippen LogP contribution in [0.5, 0.6) is 5.75 Å². The lowest BCUT2D eigenvalue weighted by atomic mass is 10.1. The summed E-state index contributed by atoms with van der Waals surface area (Å²) >= 11 is 1.60. The number of nitrogens with one attached hydrogen (secondary N) is 1. The van der Waals surface area contributed by atoms with Gasteiger partial charge in [0.05, 0.1) is 0 Å². The van der Waals surface area contributed by atoms with Crippen LogP contribution < -0.4 is 10.1 Å². The summed E-state index contributed by atoms with van der Waals surface area (Å²) in [5.74, 6) is -0.759. The van der Waals surface area contributed by atoms with Crippen LogP contribution >= 0.6 is 11.3 Å². The van der Waals surface area contributed by atoms with Crippen molar-refractivity contribution >= 4 is 22.9 Å². The Labute approximate surface area is 137 Å². The van der Waals surface area contributed by atoms with E-state index in [1.165, 1.54) is 12.1 Å². The molecule has 116 valence electrons. The molecular formula is C18H14FNO2S. The minimum Gasteiger partial charge on any atom is -0.481 e. The molecule has 0 aliphatic rings. The molecule has 0 saturated carbocycles. The van der Waals surface area contributed by atoms with E-state index >= 15 is 0 Å². The van der Waals surface area contributed by atoms with E-state index in [1.807, 2.05) is 41.8 Å². The fourth-order valence-corrected chi connectivity index (χ4v) is 2.90. The maximum atomic E-state index is 13.5. The van der Waals surface area contributed by atoms with Gasteiger partial charge < -0.3 is 10.1 Å². The van der Waals surface area contributed by atoms with Crippen LogP contribution in [0.1, 0.15) is 0 Å². The van der Waals surface area contributed by atoms with Crippen LogP contribution in [-0.4, -0.2) is 12.5 Å². The first-order chi connectivity index (χ1) is 11.2. The maximum Gasteiger partial charge on any atom is 0.262 e. The molecule has 1 heterocycles. The van der Waals surface area contributed by atoms with Crippen molar-refractivity contribution in [1.82, 2.24) is 0 Å². The standard InChI is InChI=1S/C18H14FNO2S/c19-14-7-2-4-9-16(14)22-12-18(21)20-15-8-3-1-6-13(15)17-10-5-11-23-17/h1-11H,12H2,(H,20,21). The number of anilines is 1. The molecule has 1 N–H and O–H groups in total. The second-order valence-electron chi connectivity index (χ2n) is 4.79. The van der Waals surface area contributed by atoms with E-state index in [-0.39, 0.29) is 18.3 Å². The number of carbonyl (C=O) groups is 1. The number of ether oxygens (including phenoxy) is 1. The smallest absolute Gasteiger partial charge is 0.262 e. The monoisotopic (exact) mass is 327 g/mol. The molecule has 0 atom stereocenters. The number of carbonyl (C=O) groups excluding carboxylic acids is 1. The van der Waals surface area contributed by atoms with Gasteiger partial charge in [-0.25, -0.2) is 4.39 Å². The van der Waals surface area contributed by atoms with Crippen LogP contribution in [0.2, 0.25) is 0 Å². The fourth-order valence-electron chi connectivity index (χ4n) is 2.13. The molecule has 0 unspecified atom stereocenters. The molecule has 3 nitrogen and oxygen atoms in total. The Morgan fingerprint density at radius 2 is 1.83 bits per heavy atom. The lowest BCUT2D eigenvalue weighted by Crippen LogP contribution is -2.20. The molecule has 0 fully saturated rings. The van der Waals surface area contributed by atoms with Gasteiger partial charge in [0.25, 0.3) is 5.91 Å². The highest BCUT2D eigenvalue weighted by Crippen LogP contribution is 2.31. The third-order valence-electron chi connectivity index (χ3n) is 3.18. The van der Waals surface area contributed by atoms with Gasteiger partial charge in [0.2, 0.25) is 0 Å². The van der Waals surface area contributed by atoms with Gasteiger partial charge in [-0.3, -0.25) is 4.79 Å². The number of para-hydroxylation sites is 2. The second-order valence-corrected chi connectivity index (χ2v) is 5.74. The van der Waals surface area contributed by atoms with Crippen molar-refractivity contribution in [3.8, 4) is 16.2 Å². The summed E-state index contributed by atoms with van der Waals surface area (Å²) in [6.45, 7) is -0.250. The predicted molar refractivity (Wildman–Crippen MR) is 90.3 cm³/mol. The van der Waals surface area contributed by atoms with Crippen molar-refractivity contribution < 1.29 is 13.9 Å². The molecule has 0 aliphatic carbocycles. The summed E-state index contributed by atoms with van der Waals surface area (Å²) in [4.78, 5) is 13.1. The number of amides is 1. The molecule has 23 heavy (non-hydrogen) atoms. The quantitative estimate of drug-likeness (QED) is 0.745. The van der Waals surface area contributed by atoms with Gasteiger partial charge in [0.1, 0.15) is 0 Å². The summed E-state index contributed by atoms with van der Waals surface area (Å²) in [5.41, 5.74) is 1.65. The zero-order valence-corrected chi connectivity index (χ0v) is 13.0. The Kier molecular flexibility index (Phi) is 4.68. The normalized spacial score (nSPS) is 10.3. The topological polar surface area (TPSA) is 38.3 Å². The van der Waals surface area contributed by atoms with Crippen LogP contribution in [0.25, 0.3) is 10.4 Å². The predicted octanol–water partition coefficient (Wildman–Crippen LogP) is 4.57. The van der Waals surface area contributed by atoms with E-state index in [2.05, 4.69) is 5.32 Å². The molecular weight excluding hydrogens is 313 g/mol. The number of hydrogen-bond acceptors (Lipinski definition) is 3. The van der Waals surface area contributed by atoms with Gasteiger partial charge in [0, 0.05) is 16.1 Å². The van der Waals surface area contributed by atoms with Crippen LogP contribution in [0, 0.1) is 5.82 Å². The molecule has 1 aromatic heterocycles. The van der Waals surface area contributed by atoms with Crippen molar-refractivity contribution in [2.75, 3.05) is 11.9 Å². The van der Waals surface area contributed by atoms with E-state index in [0.29, 0.717) is 5.69 Å². The number of rotatable bonds is 5. The van der Waals surface area contributed by atoms with E-state index in [9.17, 15) is 9.18 Å². The van der Waals surface area contributed by atoms with Crippen LogP contribution in [0.15, 0.2) is 66.0 Å². The highest BCUT2D eigenvalue weighted by molar-refractivity contribution is 7.13. The van der Waals surface area contributed by atoms with E-state index in [1.54, 1.807) is 23.5 Å². The highest BCUT2D eigenvalue weighted by atomic mass is 32.1. The number of halogens is 1. The molecule has 2 aromatic carbocycles. The summed E-state index contributed by atoms with van der Waals surface area (Å²) in [6, 6.07) is 17.5. The van der Waals surface area contributed by atoms with Crippen molar-refractivity contribution in [2.45, 2.75) is 0 Å². The van der Waals surface area contributed by atoms with Crippen molar-refractivity contribution in [2.24, 2.45) is 0 Å². The van der Waals surface area contributed by atoms with Gasteiger partial charge in [0.15, 0.2) is 18.2 Å². The van der Waals surface area contributed by atoms with E-state index in [0.717, 1.165) is 10.4 Å². The Bertz CT molecular complexity index is 802. The largest absolute Gasteiger partial charge is 0.481 e. The number of hydrogen-bond donors (Lipinski definition) is 1. The summed E-state index contributed by atoms with van der Waals surface area (Å²) in [6.07, 6.45) is 0. The second kappa shape index (κ2) is 7.07. The van der Waals surface area contributed by atoms with Crippen molar-refractivity contribution in [3.63, 3.8) is 0 Å². The van der Waals surface area contributed by atoms with Gasteiger partial charge in [-0.2, -0.15) is 0 Å². The van der Waals surface area contributed by atoms with Crippen molar-refractivity contribution in [1.29, 1.82) is 0 Å². The van der Waals surface area contributed by atoms with Crippen LogP contribution in [0.3, 0.4) is 0 Å². The van der Waals surface area contributed by atoms with Crippen molar-refractivity contribution in [3.05, 3.63) is 71.9 Å². The minimum absolute atomic E-state index is 0.0641. The Morgan fingerprint density at radius 3 is 2.61 bits per heavy atom. The zero-order valence-electron chi connectivity index (χ0n) is 12.2. The molecule has 0 spiro atoms. The Morgan fingerprint density at radius 1 is 1.04 bits per heavy atom. The molecule has 3 aromatic rings. The van der Waals surface area contributed by atoms with Crippen LogP contribution in [-0.2, 0) is 4.79 Å². The minimum atomic E-state index is -0.487. The van der Waals surface area contributed by atoms with Gasteiger partial charge in [-0.15, -0.1) is 11.3 Å². The molecule has 5 heteroatoms. The summed E-state index contributed by atoms with van der Waals surface area (Å²) < 4.78 is 18.7. The molecule has 3 rings (SSSR count). The summed E-state index contributed by atoms with van der Waals surface area (Å²) in [5, 5.41) is 4.79. The van der Waals surface area contributed by atoms with Gasteiger partial charge in [-0.1, -0.05) is 36.4 Å². The third kappa shape index (κ3) is 3.76. The first-order valence-corrected chi connectivity index (χ1v) is 7.92. The average Bonchev–Trinajstić information content (AvgIpc) is 3.09.